The Bertz CT molecular complexity index is 1370. The van der Waals surface area contributed by atoms with E-state index in [1.54, 1.807) is 60.7 Å². The zero-order chi connectivity index (χ0) is 26.3. The van der Waals surface area contributed by atoms with Crippen molar-refractivity contribution in [1.82, 2.24) is 5.43 Å². The van der Waals surface area contributed by atoms with Gasteiger partial charge in [-0.3, -0.25) is 9.10 Å². The Morgan fingerprint density at radius 3 is 2.50 bits per heavy atom. The SMILES string of the molecule is COc1cc(/C=N\NC(=O)CN(c2ccccc2)S(C)(=O)=O)cc(Br)c1OCc1ccc(Cl)cc1Cl. The topological polar surface area (TPSA) is 97.3 Å². The van der Waals surface area contributed by atoms with Crippen LogP contribution in [-0.4, -0.2) is 40.4 Å². The van der Waals surface area contributed by atoms with Crippen molar-refractivity contribution < 1.29 is 22.7 Å². The molecule has 0 radical (unpaired) electrons. The van der Waals surface area contributed by atoms with E-state index in [-0.39, 0.29) is 6.61 Å². The van der Waals surface area contributed by atoms with Crippen molar-refractivity contribution in [3.05, 3.63) is 86.3 Å². The summed E-state index contributed by atoms with van der Waals surface area (Å²) in [6.07, 6.45) is 2.43. The fraction of sp³-hybridized carbons (Fsp3) is 0.167. The molecule has 3 rings (SSSR count). The number of carbonyl (C=O) groups is 1. The number of rotatable bonds is 10. The first-order valence-electron chi connectivity index (χ1n) is 10.4. The summed E-state index contributed by atoms with van der Waals surface area (Å²) in [4.78, 5) is 12.4. The Hall–Kier alpha value is -2.79. The molecule has 0 spiro atoms. The van der Waals surface area contributed by atoms with Gasteiger partial charge in [0.15, 0.2) is 11.5 Å². The predicted molar refractivity (Wildman–Crippen MR) is 146 cm³/mol. The number of anilines is 1. The first-order chi connectivity index (χ1) is 17.1. The maximum absolute atomic E-state index is 12.4. The molecule has 190 valence electrons. The minimum absolute atomic E-state index is 0.187. The molecule has 0 aromatic heterocycles. The van der Waals surface area contributed by atoms with Crippen LogP contribution in [0.5, 0.6) is 11.5 Å². The van der Waals surface area contributed by atoms with Crippen molar-refractivity contribution in [2.75, 3.05) is 24.2 Å². The number of carbonyl (C=O) groups excluding carboxylic acids is 1. The molecule has 0 saturated heterocycles. The molecule has 12 heteroatoms. The van der Waals surface area contributed by atoms with Crippen molar-refractivity contribution in [1.29, 1.82) is 0 Å². The molecular formula is C24H22BrCl2N3O5S. The van der Waals surface area contributed by atoms with Gasteiger partial charge in [0.1, 0.15) is 13.2 Å². The van der Waals surface area contributed by atoms with Crippen LogP contribution in [0.1, 0.15) is 11.1 Å². The molecule has 1 amide bonds. The van der Waals surface area contributed by atoms with E-state index >= 15 is 0 Å². The minimum Gasteiger partial charge on any atom is -0.493 e. The Balaban J connectivity index is 1.68. The lowest BCUT2D eigenvalue weighted by molar-refractivity contribution is -0.119. The first kappa shape index (κ1) is 27.8. The fourth-order valence-electron chi connectivity index (χ4n) is 3.08. The van der Waals surface area contributed by atoms with Crippen LogP contribution in [-0.2, 0) is 21.4 Å². The van der Waals surface area contributed by atoms with Gasteiger partial charge in [-0.25, -0.2) is 13.8 Å². The summed E-state index contributed by atoms with van der Waals surface area (Å²) in [6.45, 7) is -0.236. The van der Waals surface area contributed by atoms with Gasteiger partial charge in [0.25, 0.3) is 5.91 Å². The first-order valence-corrected chi connectivity index (χ1v) is 13.8. The molecule has 3 aromatic rings. The molecule has 0 aliphatic carbocycles. The molecule has 0 bridgehead atoms. The predicted octanol–water partition coefficient (Wildman–Crippen LogP) is 5.26. The number of benzene rings is 3. The molecule has 3 aromatic carbocycles. The highest BCUT2D eigenvalue weighted by molar-refractivity contribution is 9.10. The van der Waals surface area contributed by atoms with Gasteiger partial charge < -0.3 is 9.47 Å². The second-order valence-corrected chi connectivity index (χ2v) is 11.1. The third-order valence-electron chi connectivity index (χ3n) is 4.77. The van der Waals surface area contributed by atoms with E-state index in [0.29, 0.717) is 37.3 Å². The number of methoxy groups -OCH3 is 1. The maximum atomic E-state index is 12.4. The normalized spacial score (nSPS) is 11.4. The van der Waals surface area contributed by atoms with Crippen molar-refractivity contribution in [2.45, 2.75) is 6.61 Å². The minimum atomic E-state index is -3.67. The summed E-state index contributed by atoms with van der Waals surface area (Å²) < 4.78 is 37.2. The molecule has 0 atom stereocenters. The number of sulfonamides is 1. The largest absolute Gasteiger partial charge is 0.493 e. The summed E-state index contributed by atoms with van der Waals surface area (Å²) in [5, 5.41) is 4.95. The molecular weight excluding hydrogens is 593 g/mol. The molecule has 0 aliphatic heterocycles. The quantitative estimate of drug-likeness (QED) is 0.248. The molecule has 0 aliphatic rings. The lowest BCUT2D eigenvalue weighted by atomic mass is 10.2. The summed E-state index contributed by atoms with van der Waals surface area (Å²) in [7, 11) is -2.17. The summed E-state index contributed by atoms with van der Waals surface area (Å²) in [5.74, 6) is 0.275. The van der Waals surface area contributed by atoms with Gasteiger partial charge in [0, 0.05) is 15.6 Å². The number of hydrogen-bond acceptors (Lipinski definition) is 6. The monoisotopic (exact) mass is 613 g/mol. The maximum Gasteiger partial charge on any atom is 0.260 e. The number of nitrogens with zero attached hydrogens (tertiary/aromatic N) is 2. The molecule has 0 heterocycles. The number of hydrazone groups is 1. The lowest BCUT2D eigenvalue weighted by Crippen LogP contribution is -2.38. The smallest absolute Gasteiger partial charge is 0.260 e. The third kappa shape index (κ3) is 7.60. The van der Waals surface area contributed by atoms with Gasteiger partial charge in [-0.1, -0.05) is 47.5 Å². The van der Waals surface area contributed by atoms with Crippen molar-refractivity contribution >= 4 is 67.0 Å². The van der Waals surface area contributed by atoms with Crippen LogP contribution in [0.4, 0.5) is 5.69 Å². The van der Waals surface area contributed by atoms with Gasteiger partial charge in [0.2, 0.25) is 10.0 Å². The van der Waals surface area contributed by atoms with E-state index in [2.05, 4.69) is 26.5 Å². The molecule has 8 nitrogen and oxygen atoms in total. The van der Waals surface area contributed by atoms with Gasteiger partial charge in [-0.05, 0) is 57.9 Å². The molecule has 36 heavy (non-hydrogen) atoms. The van der Waals surface area contributed by atoms with Crippen molar-refractivity contribution in [2.24, 2.45) is 5.10 Å². The summed E-state index contributed by atoms with van der Waals surface area (Å²) in [6, 6.07) is 16.9. The number of amides is 1. The zero-order valence-corrected chi connectivity index (χ0v) is 23.2. The number of para-hydroxylation sites is 1. The molecule has 1 N–H and O–H groups in total. The molecule has 0 fully saturated rings. The van der Waals surface area contributed by atoms with Crippen LogP contribution in [0.2, 0.25) is 10.0 Å². The van der Waals surface area contributed by atoms with E-state index in [4.69, 9.17) is 32.7 Å². The third-order valence-corrected chi connectivity index (χ3v) is 7.09. The standard InChI is InChI=1S/C24H22BrCl2N3O5S/c1-34-22-11-16(10-20(25)24(22)35-15-17-8-9-18(26)12-21(17)27)13-28-29-23(31)14-30(36(2,32)33)19-6-4-3-5-7-19/h3-13H,14-15H2,1-2H3,(H,29,31)/b28-13-. The van der Waals surface area contributed by atoms with E-state index in [1.807, 2.05) is 0 Å². The van der Waals surface area contributed by atoms with Crippen LogP contribution in [0.25, 0.3) is 0 Å². The van der Waals surface area contributed by atoms with Gasteiger partial charge in [-0.15, -0.1) is 0 Å². The number of nitrogens with one attached hydrogen (secondary N) is 1. The van der Waals surface area contributed by atoms with E-state index < -0.39 is 22.5 Å². The molecule has 0 unspecified atom stereocenters. The van der Waals surface area contributed by atoms with Crippen molar-refractivity contribution in [3.63, 3.8) is 0 Å². The highest BCUT2D eigenvalue weighted by Crippen LogP contribution is 2.37. The van der Waals surface area contributed by atoms with Crippen LogP contribution in [0.15, 0.2) is 70.2 Å². The van der Waals surface area contributed by atoms with Crippen LogP contribution >= 0.6 is 39.1 Å². The van der Waals surface area contributed by atoms with E-state index in [9.17, 15) is 13.2 Å². The highest BCUT2D eigenvalue weighted by atomic mass is 79.9. The van der Waals surface area contributed by atoms with Gasteiger partial charge in [0.05, 0.1) is 29.7 Å². The van der Waals surface area contributed by atoms with Crippen LogP contribution in [0.3, 0.4) is 0 Å². The van der Waals surface area contributed by atoms with Gasteiger partial charge >= 0.3 is 0 Å². The molecule has 0 saturated carbocycles. The number of hydrogen-bond donors (Lipinski definition) is 1. The number of halogens is 3. The highest BCUT2D eigenvalue weighted by Gasteiger charge is 2.20. The van der Waals surface area contributed by atoms with Gasteiger partial charge in [-0.2, -0.15) is 5.10 Å². The van der Waals surface area contributed by atoms with E-state index in [1.165, 1.54) is 13.3 Å². The zero-order valence-electron chi connectivity index (χ0n) is 19.2. The summed E-state index contributed by atoms with van der Waals surface area (Å²) in [5.41, 5.74) is 4.07. The van der Waals surface area contributed by atoms with Crippen LogP contribution in [0, 0.1) is 0 Å². The van der Waals surface area contributed by atoms with Crippen LogP contribution < -0.4 is 19.2 Å². The average molecular weight is 615 g/mol. The average Bonchev–Trinajstić information content (AvgIpc) is 2.82. The van der Waals surface area contributed by atoms with E-state index in [0.717, 1.165) is 16.1 Å². The Labute approximate surface area is 228 Å². The van der Waals surface area contributed by atoms with Crippen molar-refractivity contribution in [3.8, 4) is 11.5 Å². The Morgan fingerprint density at radius 1 is 1.14 bits per heavy atom. The lowest BCUT2D eigenvalue weighted by Gasteiger charge is -2.21. The summed E-state index contributed by atoms with van der Waals surface area (Å²) >= 11 is 15.6. The Morgan fingerprint density at radius 2 is 1.86 bits per heavy atom. The second kappa shape index (κ2) is 12.4. The fourth-order valence-corrected chi connectivity index (χ4v) is 4.98. The second-order valence-electron chi connectivity index (χ2n) is 7.46. The Kier molecular flexibility index (Phi) is 9.61. The number of ether oxygens (including phenoxy) is 2.